The highest BCUT2D eigenvalue weighted by Gasteiger charge is 2.20. The number of benzene rings is 1. The van der Waals surface area contributed by atoms with E-state index in [0.29, 0.717) is 0 Å². The molecule has 1 saturated carbocycles. The molecule has 6 heteroatoms. The molecule has 0 unspecified atom stereocenters. The van der Waals surface area contributed by atoms with Gasteiger partial charge in [-0.3, -0.25) is 5.10 Å². The molecule has 1 aliphatic carbocycles. The molecular weight excluding hydrogens is 338 g/mol. The molecule has 1 aliphatic rings. The van der Waals surface area contributed by atoms with Gasteiger partial charge in [-0.1, -0.05) is 12.8 Å². The topological polar surface area (TPSA) is 59.0 Å². The molecule has 0 aliphatic heterocycles. The second-order valence-corrected chi connectivity index (χ2v) is 7.28. The zero-order chi connectivity index (χ0) is 18.6. The number of rotatable bonds is 7. The van der Waals surface area contributed by atoms with Gasteiger partial charge < -0.3 is 14.2 Å². The van der Waals surface area contributed by atoms with Crippen LogP contribution in [0.25, 0.3) is 22.5 Å². The number of hydrogen-bond acceptors (Lipinski definition) is 4. The van der Waals surface area contributed by atoms with E-state index < -0.39 is 0 Å². The van der Waals surface area contributed by atoms with E-state index in [0.717, 1.165) is 47.4 Å². The summed E-state index contributed by atoms with van der Waals surface area (Å²) in [5.41, 5.74) is 4.25. The predicted octanol–water partition coefficient (Wildman–Crippen LogP) is 3.82. The van der Waals surface area contributed by atoms with Crippen molar-refractivity contribution >= 4 is 0 Å². The summed E-state index contributed by atoms with van der Waals surface area (Å²) in [6.07, 6.45) is 11.1. The van der Waals surface area contributed by atoms with Gasteiger partial charge in [-0.15, -0.1) is 0 Å². The van der Waals surface area contributed by atoms with E-state index in [2.05, 4.69) is 31.7 Å². The second-order valence-electron chi connectivity index (χ2n) is 7.28. The Labute approximate surface area is 160 Å². The molecule has 0 radical (unpaired) electrons. The van der Waals surface area contributed by atoms with Crippen LogP contribution in [0, 0.1) is 0 Å². The van der Waals surface area contributed by atoms with Crippen molar-refractivity contribution in [1.82, 2.24) is 24.6 Å². The number of nitrogens with zero attached hydrogens (tertiary/aromatic N) is 4. The van der Waals surface area contributed by atoms with Crippen LogP contribution in [0.2, 0.25) is 0 Å². The lowest BCUT2D eigenvalue weighted by molar-refractivity contribution is 0.237. The normalized spacial score (nSPS) is 14.9. The van der Waals surface area contributed by atoms with E-state index in [1.807, 2.05) is 43.0 Å². The van der Waals surface area contributed by atoms with Gasteiger partial charge in [-0.2, -0.15) is 5.10 Å². The Balaban J connectivity index is 1.53. The second kappa shape index (κ2) is 7.96. The molecule has 3 aromatic rings. The maximum atomic E-state index is 5.26. The van der Waals surface area contributed by atoms with Crippen LogP contribution in [0.4, 0.5) is 0 Å². The minimum Gasteiger partial charge on any atom is -0.497 e. The average molecular weight is 365 g/mol. The first-order valence-electron chi connectivity index (χ1n) is 9.65. The highest BCUT2D eigenvalue weighted by molar-refractivity contribution is 5.78. The van der Waals surface area contributed by atoms with Gasteiger partial charge in [-0.25, -0.2) is 4.98 Å². The fraction of sp³-hybridized carbons (Fsp3) is 0.429. The molecule has 2 heterocycles. The van der Waals surface area contributed by atoms with Crippen LogP contribution < -0.4 is 4.74 Å². The number of methoxy groups -OCH3 is 1. The highest BCUT2D eigenvalue weighted by Crippen LogP contribution is 2.31. The van der Waals surface area contributed by atoms with Gasteiger partial charge in [-0.05, 0) is 44.2 Å². The van der Waals surface area contributed by atoms with Crippen molar-refractivity contribution in [2.24, 2.45) is 0 Å². The summed E-state index contributed by atoms with van der Waals surface area (Å²) in [6, 6.07) is 8.76. The lowest BCUT2D eigenvalue weighted by atomic mass is 10.1. The van der Waals surface area contributed by atoms with Crippen molar-refractivity contribution in [3.63, 3.8) is 0 Å². The largest absolute Gasteiger partial charge is 0.497 e. The summed E-state index contributed by atoms with van der Waals surface area (Å²) in [7, 11) is 3.92. The van der Waals surface area contributed by atoms with Crippen molar-refractivity contribution in [1.29, 1.82) is 0 Å². The van der Waals surface area contributed by atoms with Crippen molar-refractivity contribution in [2.75, 3.05) is 20.7 Å². The van der Waals surface area contributed by atoms with E-state index >= 15 is 0 Å². The fourth-order valence-electron chi connectivity index (χ4n) is 3.97. The summed E-state index contributed by atoms with van der Waals surface area (Å²) in [4.78, 5) is 6.90. The Hall–Kier alpha value is -2.60. The number of nitrogens with one attached hydrogen (secondary N) is 1. The SMILES string of the molecule is COc1ccc(-c2[nH]ncc2-c2cncn2CCN(C)C2CCCC2)cc1. The Morgan fingerprint density at radius 2 is 1.96 bits per heavy atom. The van der Waals surface area contributed by atoms with Gasteiger partial charge in [0.1, 0.15) is 5.75 Å². The average Bonchev–Trinajstić information content (AvgIpc) is 3.47. The van der Waals surface area contributed by atoms with Gasteiger partial charge in [0.2, 0.25) is 0 Å². The molecule has 4 rings (SSSR count). The number of hydrogen-bond donors (Lipinski definition) is 1. The Morgan fingerprint density at radius 3 is 2.70 bits per heavy atom. The lowest BCUT2D eigenvalue weighted by Gasteiger charge is -2.24. The van der Waals surface area contributed by atoms with Gasteiger partial charge in [0.25, 0.3) is 0 Å². The summed E-state index contributed by atoms with van der Waals surface area (Å²) < 4.78 is 7.49. The van der Waals surface area contributed by atoms with Gasteiger partial charge >= 0.3 is 0 Å². The van der Waals surface area contributed by atoms with E-state index in [1.165, 1.54) is 25.7 Å². The zero-order valence-electron chi connectivity index (χ0n) is 16.1. The Bertz CT molecular complexity index is 861. The Morgan fingerprint density at radius 1 is 1.19 bits per heavy atom. The molecule has 142 valence electrons. The van der Waals surface area contributed by atoms with Crippen LogP contribution >= 0.6 is 0 Å². The van der Waals surface area contributed by atoms with Crippen LogP contribution in [0.1, 0.15) is 25.7 Å². The van der Waals surface area contributed by atoms with Crippen LogP contribution in [0.3, 0.4) is 0 Å². The van der Waals surface area contributed by atoms with Crippen LogP contribution in [0.15, 0.2) is 43.0 Å². The molecule has 0 bridgehead atoms. The fourth-order valence-corrected chi connectivity index (χ4v) is 3.97. The predicted molar refractivity (Wildman–Crippen MR) is 107 cm³/mol. The first-order valence-corrected chi connectivity index (χ1v) is 9.65. The smallest absolute Gasteiger partial charge is 0.118 e. The first kappa shape index (κ1) is 17.8. The van der Waals surface area contributed by atoms with Gasteiger partial charge in [0.05, 0.1) is 37.2 Å². The minimum atomic E-state index is 0.737. The zero-order valence-corrected chi connectivity index (χ0v) is 16.1. The van der Waals surface area contributed by atoms with E-state index in [-0.39, 0.29) is 0 Å². The number of H-pyrrole nitrogens is 1. The standard InChI is InChI=1S/C21H27N5O/c1-25(17-5-3-4-6-17)11-12-26-15-22-14-20(26)19-13-23-24-21(19)16-7-9-18(27-2)10-8-16/h7-10,13-15,17H,3-6,11-12H2,1-2H3,(H,23,24). The molecule has 0 amide bonds. The van der Waals surface area contributed by atoms with Gasteiger partial charge in [0.15, 0.2) is 0 Å². The number of ether oxygens (including phenoxy) is 1. The molecular formula is C21H27N5O. The molecule has 2 aromatic heterocycles. The monoisotopic (exact) mass is 365 g/mol. The summed E-state index contributed by atoms with van der Waals surface area (Å²) >= 11 is 0. The van der Waals surface area contributed by atoms with Crippen LogP contribution in [0.5, 0.6) is 5.75 Å². The molecule has 6 nitrogen and oxygen atoms in total. The van der Waals surface area contributed by atoms with Crippen molar-refractivity contribution in [2.45, 2.75) is 38.3 Å². The van der Waals surface area contributed by atoms with Crippen LogP contribution in [-0.2, 0) is 6.54 Å². The molecule has 1 N–H and O–H groups in total. The third-order valence-corrected chi connectivity index (χ3v) is 5.65. The van der Waals surface area contributed by atoms with E-state index in [1.54, 1.807) is 7.11 Å². The number of imidazole rings is 1. The number of aromatic nitrogens is 4. The molecule has 0 spiro atoms. The molecule has 1 fully saturated rings. The van der Waals surface area contributed by atoms with E-state index in [9.17, 15) is 0 Å². The third-order valence-electron chi connectivity index (χ3n) is 5.65. The minimum absolute atomic E-state index is 0.737. The molecule has 1 aromatic carbocycles. The highest BCUT2D eigenvalue weighted by atomic mass is 16.5. The first-order chi connectivity index (χ1) is 13.3. The van der Waals surface area contributed by atoms with E-state index in [4.69, 9.17) is 4.74 Å². The maximum Gasteiger partial charge on any atom is 0.118 e. The Kier molecular flexibility index (Phi) is 5.25. The molecule has 27 heavy (non-hydrogen) atoms. The molecule has 0 atom stereocenters. The van der Waals surface area contributed by atoms with Crippen molar-refractivity contribution in [3.8, 4) is 28.3 Å². The molecule has 0 saturated heterocycles. The number of aromatic amines is 1. The maximum absolute atomic E-state index is 5.26. The van der Waals surface area contributed by atoms with Gasteiger partial charge in [0, 0.05) is 30.3 Å². The summed E-state index contributed by atoms with van der Waals surface area (Å²) in [5.74, 6) is 0.847. The van der Waals surface area contributed by atoms with Crippen molar-refractivity contribution < 1.29 is 4.74 Å². The number of likely N-dealkylation sites (N-methyl/N-ethyl adjacent to an activating group) is 1. The third kappa shape index (κ3) is 3.76. The van der Waals surface area contributed by atoms with Crippen LogP contribution in [-0.4, -0.2) is 51.4 Å². The quantitative estimate of drug-likeness (QED) is 0.691. The lowest BCUT2D eigenvalue weighted by Crippen LogP contribution is -2.32. The summed E-state index contributed by atoms with van der Waals surface area (Å²) in [6.45, 7) is 1.96. The summed E-state index contributed by atoms with van der Waals surface area (Å²) in [5, 5.41) is 7.43. The van der Waals surface area contributed by atoms with Crippen molar-refractivity contribution in [3.05, 3.63) is 43.0 Å².